The van der Waals surface area contributed by atoms with E-state index in [4.69, 9.17) is 15.5 Å². The molecule has 3 nitrogen and oxygen atoms in total. The molecule has 2 aliphatic rings. The lowest BCUT2D eigenvalue weighted by molar-refractivity contribution is -0.162. The van der Waals surface area contributed by atoms with Crippen LogP contribution in [0.4, 0.5) is 5.69 Å². The van der Waals surface area contributed by atoms with E-state index in [1.54, 1.807) is 0 Å². The van der Waals surface area contributed by atoms with E-state index < -0.39 is 0 Å². The molecule has 23 heavy (non-hydrogen) atoms. The summed E-state index contributed by atoms with van der Waals surface area (Å²) in [5.74, 6) is 0.428. The minimum absolute atomic E-state index is 0.111. The molecule has 126 valence electrons. The number of hydrogen-bond acceptors (Lipinski definition) is 3. The molecule has 0 saturated carbocycles. The molecule has 3 rings (SSSR count). The molecule has 1 saturated heterocycles. The molecule has 2 heterocycles. The number of aromatic nitrogens is 1. The van der Waals surface area contributed by atoms with Gasteiger partial charge >= 0.3 is 0 Å². The van der Waals surface area contributed by atoms with Gasteiger partial charge in [0.25, 0.3) is 0 Å². The maximum absolute atomic E-state index is 6.23. The molecule has 0 bridgehead atoms. The van der Waals surface area contributed by atoms with Gasteiger partial charge in [-0.25, -0.2) is 0 Å². The average Bonchev–Trinajstić information content (AvgIpc) is 2.45. The van der Waals surface area contributed by atoms with Gasteiger partial charge < -0.3 is 10.5 Å². The molecule has 0 aromatic carbocycles. The van der Waals surface area contributed by atoms with Crippen molar-refractivity contribution in [3.05, 3.63) is 29.6 Å². The Labute approximate surface area is 140 Å². The van der Waals surface area contributed by atoms with Crippen molar-refractivity contribution in [3.8, 4) is 0 Å². The van der Waals surface area contributed by atoms with E-state index in [9.17, 15) is 0 Å². The fourth-order valence-corrected chi connectivity index (χ4v) is 4.32. The molecule has 0 amide bonds. The Bertz CT molecular complexity index is 600. The van der Waals surface area contributed by atoms with Gasteiger partial charge in [0.1, 0.15) is 0 Å². The van der Waals surface area contributed by atoms with Gasteiger partial charge in [0.05, 0.1) is 22.6 Å². The van der Waals surface area contributed by atoms with Crippen molar-refractivity contribution in [2.24, 2.45) is 0 Å². The van der Waals surface area contributed by atoms with Crippen LogP contribution in [0.5, 0.6) is 0 Å². The SMILES string of the molecule is CC1(C)CC(c2ccc(N)c(C3=CCCCC3)n2)CC(C)(C)O1. The Kier molecular flexibility index (Phi) is 4.26. The summed E-state index contributed by atoms with van der Waals surface area (Å²) in [6.45, 7) is 8.73. The highest BCUT2D eigenvalue weighted by molar-refractivity contribution is 5.72. The van der Waals surface area contributed by atoms with Crippen molar-refractivity contribution in [1.82, 2.24) is 4.98 Å². The highest BCUT2D eigenvalue weighted by atomic mass is 16.5. The first kappa shape index (κ1) is 16.5. The number of allylic oxidation sites excluding steroid dienone is 2. The Morgan fingerprint density at radius 3 is 2.39 bits per heavy atom. The van der Waals surface area contributed by atoms with Crippen LogP contribution >= 0.6 is 0 Å². The van der Waals surface area contributed by atoms with Gasteiger partial charge in [-0.05, 0) is 83.9 Å². The van der Waals surface area contributed by atoms with Crippen LogP contribution in [0.1, 0.15) is 83.5 Å². The topological polar surface area (TPSA) is 48.1 Å². The van der Waals surface area contributed by atoms with Crippen LogP contribution < -0.4 is 5.73 Å². The van der Waals surface area contributed by atoms with Gasteiger partial charge in [-0.1, -0.05) is 6.08 Å². The number of hydrogen-bond donors (Lipinski definition) is 1. The van der Waals surface area contributed by atoms with Crippen molar-refractivity contribution < 1.29 is 4.74 Å². The third-order valence-electron chi connectivity index (χ3n) is 4.99. The fourth-order valence-electron chi connectivity index (χ4n) is 4.32. The van der Waals surface area contributed by atoms with Crippen molar-refractivity contribution in [2.45, 2.75) is 83.3 Å². The number of pyridine rings is 1. The number of nitrogens with two attached hydrogens (primary N) is 1. The molecule has 0 spiro atoms. The average molecular weight is 314 g/mol. The first-order chi connectivity index (χ1) is 10.8. The van der Waals surface area contributed by atoms with Gasteiger partial charge in [-0.2, -0.15) is 0 Å². The highest BCUT2D eigenvalue weighted by Crippen LogP contribution is 2.43. The van der Waals surface area contributed by atoms with Crippen molar-refractivity contribution in [1.29, 1.82) is 0 Å². The molecule has 1 aromatic rings. The number of nitrogens with zero attached hydrogens (tertiary/aromatic N) is 1. The van der Waals surface area contributed by atoms with Gasteiger partial charge in [0, 0.05) is 11.6 Å². The van der Waals surface area contributed by atoms with Crippen molar-refractivity contribution >= 4 is 11.3 Å². The lowest BCUT2D eigenvalue weighted by Gasteiger charge is -2.45. The lowest BCUT2D eigenvalue weighted by Crippen LogP contribution is -2.44. The normalized spacial score (nSPS) is 24.3. The van der Waals surface area contributed by atoms with E-state index in [0.717, 1.165) is 37.1 Å². The van der Waals surface area contributed by atoms with Crippen molar-refractivity contribution in [3.63, 3.8) is 0 Å². The van der Waals surface area contributed by atoms with Crippen LogP contribution in [0.25, 0.3) is 5.57 Å². The first-order valence-electron chi connectivity index (χ1n) is 8.92. The highest BCUT2D eigenvalue weighted by Gasteiger charge is 2.40. The molecule has 1 aliphatic carbocycles. The van der Waals surface area contributed by atoms with E-state index in [2.05, 4.69) is 39.8 Å². The number of nitrogen functional groups attached to an aromatic ring is 1. The zero-order valence-electron chi connectivity index (χ0n) is 15.0. The van der Waals surface area contributed by atoms with Gasteiger partial charge in [0.2, 0.25) is 0 Å². The van der Waals surface area contributed by atoms with Crippen LogP contribution in [0.3, 0.4) is 0 Å². The quantitative estimate of drug-likeness (QED) is 0.828. The first-order valence-corrected chi connectivity index (χ1v) is 8.92. The second kappa shape index (κ2) is 5.94. The van der Waals surface area contributed by atoms with Crippen LogP contribution in [-0.2, 0) is 4.74 Å². The predicted molar refractivity (Wildman–Crippen MR) is 96.3 cm³/mol. The zero-order chi connectivity index (χ0) is 16.7. The predicted octanol–water partition coefficient (Wildman–Crippen LogP) is 5.07. The minimum atomic E-state index is -0.111. The third kappa shape index (κ3) is 3.77. The second-order valence-corrected chi connectivity index (χ2v) is 8.38. The minimum Gasteiger partial charge on any atom is -0.397 e. The summed E-state index contributed by atoms with van der Waals surface area (Å²) < 4.78 is 6.22. The Morgan fingerprint density at radius 1 is 1.09 bits per heavy atom. The largest absolute Gasteiger partial charge is 0.397 e. The molecule has 1 fully saturated rings. The Balaban J connectivity index is 1.92. The molecule has 1 aliphatic heterocycles. The summed E-state index contributed by atoms with van der Waals surface area (Å²) in [5, 5.41) is 0. The zero-order valence-corrected chi connectivity index (χ0v) is 15.0. The summed E-state index contributed by atoms with van der Waals surface area (Å²) in [6.07, 6.45) is 9.12. The summed E-state index contributed by atoms with van der Waals surface area (Å²) in [6, 6.07) is 4.16. The monoisotopic (exact) mass is 314 g/mol. The van der Waals surface area contributed by atoms with Gasteiger partial charge in [-0.3, -0.25) is 4.98 Å². The van der Waals surface area contributed by atoms with Crippen LogP contribution in [-0.4, -0.2) is 16.2 Å². The van der Waals surface area contributed by atoms with Gasteiger partial charge in [-0.15, -0.1) is 0 Å². The van der Waals surface area contributed by atoms with E-state index in [1.165, 1.54) is 24.1 Å². The maximum Gasteiger partial charge on any atom is 0.0891 e. The molecule has 0 atom stereocenters. The van der Waals surface area contributed by atoms with E-state index in [1.807, 2.05) is 6.07 Å². The number of anilines is 1. The molecular weight excluding hydrogens is 284 g/mol. The second-order valence-electron chi connectivity index (χ2n) is 8.38. The lowest BCUT2D eigenvalue weighted by atomic mass is 9.79. The van der Waals surface area contributed by atoms with Crippen LogP contribution in [0.2, 0.25) is 0 Å². The van der Waals surface area contributed by atoms with E-state index >= 15 is 0 Å². The van der Waals surface area contributed by atoms with Crippen molar-refractivity contribution in [2.75, 3.05) is 5.73 Å². The fraction of sp³-hybridized carbons (Fsp3) is 0.650. The summed E-state index contributed by atoms with van der Waals surface area (Å²) in [4.78, 5) is 5.00. The van der Waals surface area contributed by atoms with Crippen LogP contribution in [0, 0.1) is 0 Å². The molecule has 0 unspecified atom stereocenters. The standard InChI is InChI=1S/C20H30N2O/c1-19(2)12-15(13-20(3,4)23-19)17-11-10-16(21)18(22-17)14-8-6-5-7-9-14/h8,10-11,15H,5-7,9,12-13,21H2,1-4H3. The smallest absolute Gasteiger partial charge is 0.0891 e. The van der Waals surface area contributed by atoms with Crippen LogP contribution in [0.15, 0.2) is 18.2 Å². The third-order valence-corrected chi connectivity index (χ3v) is 4.99. The molecular formula is C20H30N2O. The number of rotatable bonds is 2. The molecule has 2 N–H and O–H groups in total. The van der Waals surface area contributed by atoms with E-state index in [-0.39, 0.29) is 11.2 Å². The maximum atomic E-state index is 6.23. The van der Waals surface area contributed by atoms with Gasteiger partial charge in [0.15, 0.2) is 0 Å². The summed E-state index contributed by atoms with van der Waals surface area (Å²) in [5.41, 5.74) is 10.3. The summed E-state index contributed by atoms with van der Waals surface area (Å²) >= 11 is 0. The summed E-state index contributed by atoms with van der Waals surface area (Å²) in [7, 11) is 0. The molecule has 0 radical (unpaired) electrons. The molecule has 1 aromatic heterocycles. The number of ether oxygens (including phenoxy) is 1. The van der Waals surface area contributed by atoms with E-state index in [0.29, 0.717) is 5.92 Å². The Hall–Kier alpha value is -1.35. The Morgan fingerprint density at radius 2 is 1.78 bits per heavy atom. The molecule has 3 heteroatoms.